The summed E-state index contributed by atoms with van der Waals surface area (Å²) in [5.74, 6) is 1.82. The Bertz CT molecular complexity index is 295. The highest BCUT2D eigenvalue weighted by Gasteiger charge is 2.32. The van der Waals surface area contributed by atoms with Gasteiger partial charge < -0.3 is 5.73 Å². The predicted octanol–water partition coefficient (Wildman–Crippen LogP) is 0.939. The highest BCUT2D eigenvalue weighted by molar-refractivity contribution is 7.91. The molecule has 0 spiro atoms. The van der Waals surface area contributed by atoms with E-state index in [1.165, 1.54) is 19.3 Å². The Morgan fingerprint density at radius 2 is 2.00 bits per heavy atom. The third-order valence-electron chi connectivity index (χ3n) is 3.48. The Labute approximate surface area is 86.0 Å². The molecule has 0 aromatic carbocycles. The van der Waals surface area contributed by atoms with E-state index in [2.05, 4.69) is 0 Å². The minimum atomic E-state index is -2.74. The summed E-state index contributed by atoms with van der Waals surface area (Å²) in [5.41, 5.74) is 6.01. The summed E-state index contributed by atoms with van der Waals surface area (Å²) < 4.78 is 22.5. The zero-order chi connectivity index (χ0) is 10.2. The van der Waals surface area contributed by atoms with Gasteiger partial charge in [0, 0.05) is 6.04 Å². The first-order valence-electron chi connectivity index (χ1n) is 5.53. The van der Waals surface area contributed by atoms with Gasteiger partial charge in [0.05, 0.1) is 11.5 Å². The molecule has 2 fully saturated rings. The molecule has 14 heavy (non-hydrogen) atoms. The van der Waals surface area contributed by atoms with Gasteiger partial charge in [-0.3, -0.25) is 0 Å². The van der Waals surface area contributed by atoms with Gasteiger partial charge in [-0.1, -0.05) is 12.8 Å². The molecule has 1 aliphatic heterocycles. The molecule has 2 aliphatic rings. The second-order valence-electron chi connectivity index (χ2n) is 4.85. The van der Waals surface area contributed by atoms with Crippen molar-refractivity contribution in [2.45, 2.75) is 38.1 Å². The lowest BCUT2D eigenvalue weighted by atomic mass is 9.95. The SMILES string of the molecule is NC(CCC1CC1)C1CCS(=O)(=O)C1. The normalized spacial score (nSPS) is 33.1. The highest BCUT2D eigenvalue weighted by Crippen LogP contribution is 2.35. The molecule has 0 radical (unpaired) electrons. The Balaban J connectivity index is 1.77. The maximum atomic E-state index is 11.2. The topological polar surface area (TPSA) is 60.2 Å². The largest absolute Gasteiger partial charge is 0.327 e. The van der Waals surface area contributed by atoms with Crippen molar-refractivity contribution in [2.24, 2.45) is 17.6 Å². The van der Waals surface area contributed by atoms with Gasteiger partial charge in [0.1, 0.15) is 0 Å². The molecule has 4 heteroatoms. The Hall–Kier alpha value is -0.0900. The van der Waals surface area contributed by atoms with E-state index in [0.29, 0.717) is 11.5 Å². The fourth-order valence-electron chi connectivity index (χ4n) is 2.23. The van der Waals surface area contributed by atoms with Crippen LogP contribution in [0.4, 0.5) is 0 Å². The molecule has 1 saturated carbocycles. The summed E-state index contributed by atoms with van der Waals surface area (Å²) in [4.78, 5) is 0. The quantitative estimate of drug-likeness (QED) is 0.762. The van der Waals surface area contributed by atoms with Gasteiger partial charge in [0.25, 0.3) is 0 Å². The van der Waals surface area contributed by atoms with E-state index < -0.39 is 9.84 Å². The van der Waals surface area contributed by atoms with Crippen molar-refractivity contribution in [3.05, 3.63) is 0 Å². The van der Waals surface area contributed by atoms with Crippen LogP contribution in [-0.4, -0.2) is 26.0 Å². The van der Waals surface area contributed by atoms with Crippen LogP contribution >= 0.6 is 0 Å². The fourth-order valence-corrected chi connectivity index (χ4v) is 4.13. The summed E-state index contributed by atoms with van der Waals surface area (Å²) in [5, 5.41) is 0. The standard InChI is InChI=1S/C10H19NO2S/c11-10(4-3-8-1-2-8)9-5-6-14(12,13)7-9/h8-10H,1-7,11H2. The average Bonchev–Trinajstić information content (AvgIpc) is 2.86. The van der Waals surface area contributed by atoms with Crippen molar-refractivity contribution in [3.8, 4) is 0 Å². The molecule has 0 aromatic rings. The van der Waals surface area contributed by atoms with Crippen LogP contribution in [0.3, 0.4) is 0 Å². The summed E-state index contributed by atoms with van der Waals surface area (Å²) in [6, 6.07) is 0.118. The summed E-state index contributed by atoms with van der Waals surface area (Å²) in [7, 11) is -2.74. The van der Waals surface area contributed by atoms with Crippen molar-refractivity contribution < 1.29 is 8.42 Å². The van der Waals surface area contributed by atoms with Gasteiger partial charge in [0.15, 0.2) is 9.84 Å². The lowest BCUT2D eigenvalue weighted by Gasteiger charge is -2.17. The first-order valence-corrected chi connectivity index (χ1v) is 7.35. The fraction of sp³-hybridized carbons (Fsp3) is 1.00. The van der Waals surface area contributed by atoms with E-state index in [1.807, 2.05) is 0 Å². The minimum absolute atomic E-state index is 0.118. The number of hydrogen-bond acceptors (Lipinski definition) is 3. The van der Waals surface area contributed by atoms with Gasteiger partial charge in [-0.05, 0) is 31.1 Å². The Morgan fingerprint density at radius 1 is 1.29 bits per heavy atom. The minimum Gasteiger partial charge on any atom is -0.327 e. The molecule has 2 rings (SSSR count). The lowest BCUT2D eigenvalue weighted by molar-refractivity contribution is 0.419. The van der Waals surface area contributed by atoms with Crippen molar-refractivity contribution in [3.63, 3.8) is 0 Å². The zero-order valence-electron chi connectivity index (χ0n) is 8.48. The smallest absolute Gasteiger partial charge is 0.150 e. The van der Waals surface area contributed by atoms with Crippen LogP contribution < -0.4 is 5.73 Å². The summed E-state index contributed by atoms with van der Waals surface area (Å²) in [6.07, 6.45) is 5.72. The predicted molar refractivity (Wildman–Crippen MR) is 56.7 cm³/mol. The molecule has 1 saturated heterocycles. The Morgan fingerprint density at radius 3 is 2.50 bits per heavy atom. The van der Waals surface area contributed by atoms with Crippen LogP contribution in [0.1, 0.15) is 32.1 Å². The second-order valence-corrected chi connectivity index (χ2v) is 7.08. The third kappa shape index (κ3) is 2.70. The van der Waals surface area contributed by atoms with Crippen molar-refractivity contribution in [1.29, 1.82) is 0 Å². The van der Waals surface area contributed by atoms with Crippen molar-refractivity contribution in [1.82, 2.24) is 0 Å². The van der Waals surface area contributed by atoms with Gasteiger partial charge in [-0.2, -0.15) is 0 Å². The van der Waals surface area contributed by atoms with E-state index >= 15 is 0 Å². The van der Waals surface area contributed by atoms with Gasteiger partial charge in [-0.15, -0.1) is 0 Å². The average molecular weight is 217 g/mol. The monoisotopic (exact) mass is 217 g/mol. The Kier molecular flexibility index (Phi) is 2.84. The molecule has 1 heterocycles. The van der Waals surface area contributed by atoms with E-state index in [4.69, 9.17) is 5.73 Å². The first-order chi connectivity index (χ1) is 6.57. The molecule has 2 N–H and O–H groups in total. The molecule has 82 valence electrons. The molecule has 1 aliphatic carbocycles. The molecule has 3 nitrogen and oxygen atoms in total. The van der Waals surface area contributed by atoms with Crippen LogP contribution in [0, 0.1) is 11.8 Å². The van der Waals surface area contributed by atoms with Gasteiger partial charge >= 0.3 is 0 Å². The van der Waals surface area contributed by atoms with E-state index in [0.717, 1.165) is 18.8 Å². The van der Waals surface area contributed by atoms with E-state index in [-0.39, 0.29) is 12.0 Å². The molecule has 0 aromatic heterocycles. The second kappa shape index (κ2) is 3.81. The van der Waals surface area contributed by atoms with Crippen LogP contribution in [0.2, 0.25) is 0 Å². The van der Waals surface area contributed by atoms with E-state index in [9.17, 15) is 8.42 Å². The highest BCUT2D eigenvalue weighted by atomic mass is 32.2. The maximum Gasteiger partial charge on any atom is 0.150 e. The molecule has 0 amide bonds. The zero-order valence-corrected chi connectivity index (χ0v) is 9.30. The number of rotatable bonds is 4. The first kappa shape index (κ1) is 10.4. The summed E-state index contributed by atoms with van der Waals surface area (Å²) in [6.45, 7) is 0. The van der Waals surface area contributed by atoms with Crippen molar-refractivity contribution >= 4 is 9.84 Å². The number of hydrogen-bond donors (Lipinski definition) is 1. The number of sulfone groups is 1. The molecule has 2 unspecified atom stereocenters. The van der Waals surface area contributed by atoms with Crippen LogP contribution in [0.25, 0.3) is 0 Å². The molecular weight excluding hydrogens is 198 g/mol. The van der Waals surface area contributed by atoms with Crippen LogP contribution in [0.5, 0.6) is 0 Å². The van der Waals surface area contributed by atoms with E-state index in [1.54, 1.807) is 0 Å². The third-order valence-corrected chi connectivity index (χ3v) is 5.27. The van der Waals surface area contributed by atoms with Crippen LogP contribution in [0.15, 0.2) is 0 Å². The molecule has 2 atom stereocenters. The summed E-state index contributed by atoms with van der Waals surface area (Å²) >= 11 is 0. The maximum absolute atomic E-state index is 11.2. The van der Waals surface area contributed by atoms with Gasteiger partial charge in [0.2, 0.25) is 0 Å². The molecular formula is C10H19NO2S. The van der Waals surface area contributed by atoms with Gasteiger partial charge in [-0.25, -0.2) is 8.42 Å². The molecule has 0 bridgehead atoms. The van der Waals surface area contributed by atoms with Crippen LogP contribution in [-0.2, 0) is 9.84 Å². The van der Waals surface area contributed by atoms with Crippen molar-refractivity contribution in [2.75, 3.05) is 11.5 Å². The lowest BCUT2D eigenvalue weighted by Crippen LogP contribution is -2.30. The number of nitrogens with two attached hydrogens (primary N) is 1.